The first-order valence-corrected chi connectivity index (χ1v) is 9.49. The summed E-state index contributed by atoms with van der Waals surface area (Å²) in [5.74, 6) is -0.115. The second-order valence-corrected chi connectivity index (χ2v) is 7.01. The van der Waals surface area contributed by atoms with Gasteiger partial charge in [-0.15, -0.1) is 0 Å². The lowest BCUT2D eigenvalue weighted by molar-refractivity contribution is -0.126. The number of aromatic nitrogens is 2. The second kappa shape index (κ2) is 9.21. The molecular weight excluding hydrogens is 342 g/mol. The number of para-hydroxylation sites is 1. The van der Waals surface area contributed by atoms with Gasteiger partial charge in [0, 0.05) is 38.1 Å². The van der Waals surface area contributed by atoms with Gasteiger partial charge in [0.05, 0.1) is 12.1 Å². The molecule has 1 aromatic carbocycles. The van der Waals surface area contributed by atoms with Crippen LogP contribution in [0.15, 0.2) is 42.7 Å². The lowest BCUT2D eigenvalue weighted by Crippen LogP contribution is -2.47. The molecule has 1 saturated heterocycles. The minimum absolute atomic E-state index is 0.0313. The summed E-state index contributed by atoms with van der Waals surface area (Å²) < 4.78 is 1.89. The van der Waals surface area contributed by atoms with Crippen molar-refractivity contribution in [2.24, 2.45) is 5.92 Å². The van der Waals surface area contributed by atoms with Crippen LogP contribution in [0, 0.1) is 12.8 Å². The van der Waals surface area contributed by atoms with Crippen molar-refractivity contribution in [3.05, 3.63) is 48.3 Å². The van der Waals surface area contributed by atoms with Crippen LogP contribution in [0.2, 0.25) is 0 Å². The summed E-state index contributed by atoms with van der Waals surface area (Å²) in [5, 5.41) is 10.1. The van der Waals surface area contributed by atoms with Crippen LogP contribution in [0.4, 0.5) is 10.5 Å². The van der Waals surface area contributed by atoms with Crippen molar-refractivity contribution in [1.29, 1.82) is 0 Å². The van der Waals surface area contributed by atoms with E-state index < -0.39 is 0 Å². The first-order chi connectivity index (χ1) is 13.1. The lowest BCUT2D eigenvalue weighted by atomic mass is 9.97. The number of hydrogen-bond acceptors (Lipinski definition) is 3. The quantitative estimate of drug-likeness (QED) is 0.768. The Morgan fingerprint density at radius 3 is 2.81 bits per heavy atom. The third-order valence-electron chi connectivity index (χ3n) is 4.73. The van der Waals surface area contributed by atoms with E-state index in [1.54, 1.807) is 4.90 Å². The van der Waals surface area contributed by atoms with Crippen LogP contribution >= 0.6 is 0 Å². The lowest BCUT2D eigenvalue weighted by Gasteiger charge is -2.32. The second-order valence-electron chi connectivity index (χ2n) is 7.01. The largest absolute Gasteiger partial charge is 0.356 e. The van der Waals surface area contributed by atoms with Crippen molar-refractivity contribution in [3.8, 4) is 0 Å². The van der Waals surface area contributed by atoms with Crippen molar-refractivity contribution < 1.29 is 9.59 Å². The van der Waals surface area contributed by atoms with Gasteiger partial charge in [-0.2, -0.15) is 5.10 Å². The molecule has 0 aliphatic carbocycles. The van der Waals surface area contributed by atoms with E-state index in [2.05, 4.69) is 15.7 Å². The zero-order valence-corrected chi connectivity index (χ0v) is 15.7. The number of aryl methyl sites for hydroxylation is 2. The van der Waals surface area contributed by atoms with E-state index in [0.29, 0.717) is 19.6 Å². The van der Waals surface area contributed by atoms with Crippen molar-refractivity contribution in [2.75, 3.05) is 25.0 Å². The molecule has 2 heterocycles. The molecule has 1 aliphatic heterocycles. The number of hydrogen-bond donors (Lipinski definition) is 2. The number of anilines is 1. The van der Waals surface area contributed by atoms with Gasteiger partial charge in [0.25, 0.3) is 0 Å². The van der Waals surface area contributed by atoms with Gasteiger partial charge in [-0.1, -0.05) is 18.2 Å². The fraction of sp³-hybridized carbons (Fsp3) is 0.450. The zero-order chi connectivity index (χ0) is 19.1. The highest BCUT2D eigenvalue weighted by Gasteiger charge is 2.28. The van der Waals surface area contributed by atoms with Crippen LogP contribution in [-0.4, -0.2) is 46.3 Å². The molecule has 2 aromatic rings. The molecule has 7 heteroatoms. The van der Waals surface area contributed by atoms with Crippen LogP contribution in [-0.2, 0) is 11.3 Å². The predicted octanol–water partition coefficient (Wildman–Crippen LogP) is 2.64. The van der Waals surface area contributed by atoms with Crippen LogP contribution < -0.4 is 10.6 Å². The molecule has 1 fully saturated rings. The summed E-state index contributed by atoms with van der Waals surface area (Å²) in [5.41, 5.74) is 1.90. The van der Waals surface area contributed by atoms with Crippen LogP contribution in [0.1, 0.15) is 24.8 Å². The fourth-order valence-corrected chi connectivity index (χ4v) is 3.29. The van der Waals surface area contributed by atoms with E-state index >= 15 is 0 Å². The number of carbonyl (C=O) groups is 2. The smallest absolute Gasteiger partial charge is 0.321 e. The number of nitrogens with zero attached hydrogens (tertiary/aromatic N) is 3. The third kappa shape index (κ3) is 5.57. The maximum atomic E-state index is 12.4. The molecule has 0 bridgehead atoms. The average molecular weight is 369 g/mol. The molecule has 2 N–H and O–H groups in total. The molecule has 0 radical (unpaired) electrons. The summed E-state index contributed by atoms with van der Waals surface area (Å²) in [4.78, 5) is 26.6. The Hall–Kier alpha value is -2.83. The highest BCUT2D eigenvalue weighted by Crippen LogP contribution is 2.18. The molecule has 0 spiro atoms. The van der Waals surface area contributed by atoms with Crippen molar-refractivity contribution >= 4 is 17.6 Å². The number of benzene rings is 1. The number of urea groups is 1. The topological polar surface area (TPSA) is 79.3 Å². The molecule has 1 atom stereocenters. The Bertz CT molecular complexity index is 759. The maximum Gasteiger partial charge on any atom is 0.321 e. The Balaban J connectivity index is 1.41. The molecule has 3 amide bonds. The van der Waals surface area contributed by atoms with Gasteiger partial charge in [-0.05, 0) is 43.9 Å². The van der Waals surface area contributed by atoms with Crippen LogP contribution in [0.25, 0.3) is 0 Å². The first-order valence-electron chi connectivity index (χ1n) is 9.49. The van der Waals surface area contributed by atoms with Crippen molar-refractivity contribution in [2.45, 2.75) is 32.7 Å². The van der Waals surface area contributed by atoms with E-state index in [1.807, 2.05) is 54.3 Å². The zero-order valence-electron chi connectivity index (χ0n) is 15.7. The molecule has 7 nitrogen and oxygen atoms in total. The molecule has 1 unspecified atom stereocenters. The predicted molar refractivity (Wildman–Crippen MR) is 104 cm³/mol. The summed E-state index contributed by atoms with van der Waals surface area (Å²) in [6.07, 6.45) is 6.31. The Labute approximate surface area is 159 Å². The third-order valence-corrected chi connectivity index (χ3v) is 4.73. The summed E-state index contributed by atoms with van der Waals surface area (Å²) in [6, 6.07) is 9.23. The van der Waals surface area contributed by atoms with Gasteiger partial charge in [0.1, 0.15) is 0 Å². The Morgan fingerprint density at radius 1 is 1.26 bits per heavy atom. The number of rotatable bonds is 6. The SMILES string of the molecule is Cc1cnn(CCCNC(=O)C2CCCN(C(=O)Nc3ccccc3)C2)c1. The molecule has 3 rings (SSSR count). The molecule has 0 saturated carbocycles. The normalized spacial score (nSPS) is 16.8. The molecule has 1 aliphatic rings. The van der Waals surface area contributed by atoms with E-state index in [1.165, 1.54) is 0 Å². The Kier molecular flexibility index (Phi) is 6.46. The molecular formula is C20H27N5O2. The van der Waals surface area contributed by atoms with Crippen molar-refractivity contribution in [1.82, 2.24) is 20.0 Å². The number of piperidine rings is 1. The minimum Gasteiger partial charge on any atom is -0.356 e. The fourth-order valence-electron chi connectivity index (χ4n) is 3.29. The summed E-state index contributed by atoms with van der Waals surface area (Å²) in [6.45, 7) is 4.55. The number of carbonyl (C=O) groups excluding carboxylic acids is 2. The average Bonchev–Trinajstić information content (AvgIpc) is 3.11. The van der Waals surface area contributed by atoms with Crippen molar-refractivity contribution in [3.63, 3.8) is 0 Å². The maximum absolute atomic E-state index is 12.4. The van der Waals surface area contributed by atoms with Gasteiger partial charge >= 0.3 is 6.03 Å². The van der Waals surface area contributed by atoms with E-state index in [0.717, 1.165) is 37.1 Å². The van der Waals surface area contributed by atoms with E-state index in [-0.39, 0.29) is 17.9 Å². The monoisotopic (exact) mass is 369 g/mol. The van der Waals surface area contributed by atoms with Crippen LogP contribution in [0.5, 0.6) is 0 Å². The number of nitrogens with one attached hydrogen (secondary N) is 2. The van der Waals surface area contributed by atoms with Gasteiger partial charge in [0.2, 0.25) is 5.91 Å². The molecule has 144 valence electrons. The summed E-state index contributed by atoms with van der Waals surface area (Å²) in [7, 11) is 0. The summed E-state index contributed by atoms with van der Waals surface area (Å²) >= 11 is 0. The number of likely N-dealkylation sites (tertiary alicyclic amines) is 1. The van der Waals surface area contributed by atoms with Gasteiger partial charge in [-0.3, -0.25) is 9.48 Å². The first kappa shape index (κ1) is 18.9. The van der Waals surface area contributed by atoms with Gasteiger partial charge < -0.3 is 15.5 Å². The van der Waals surface area contributed by atoms with Crippen LogP contribution in [0.3, 0.4) is 0 Å². The van der Waals surface area contributed by atoms with Gasteiger partial charge in [0.15, 0.2) is 0 Å². The van der Waals surface area contributed by atoms with Gasteiger partial charge in [-0.25, -0.2) is 4.79 Å². The highest BCUT2D eigenvalue weighted by molar-refractivity contribution is 5.90. The van der Waals surface area contributed by atoms with E-state index in [4.69, 9.17) is 0 Å². The number of amides is 3. The molecule has 27 heavy (non-hydrogen) atoms. The minimum atomic E-state index is -0.146. The molecule has 1 aromatic heterocycles. The Morgan fingerprint density at radius 2 is 2.07 bits per heavy atom. The van der Waals surface area contributed by atoms with E-state index in [9.17, 15) is 9.59 Å². The standard InChI is InChI=1S/C20H27N5O2/c1-16-13-22-25(14-16)12-6-10-21-19(26)17-7-5-11-24(15-17)20(27)23-18-8-3-2-4-9-18/h2-4,8-9,13-14,17H,5-7,10-12,15H2,1H3,(H,21,26)(H,23,27). The highest BCUT2D eigenvalue weighted by atomic mass is 16.2.